The number of benzene rings is 9. The summed E-state index contributed by atoms with van der Waals surface area (Å²) in [5.74, 6) is 2.44. The van der Waals surface area contributed by atoms with Gasteiger partial charge in [0.1, 0.15) is 0 Å². The van der Waals surface area contributed by atoms with Crippen LogP contribution < -0.4 is 0 Å². The number of fused-ring (bicyclic) bond motifs is 6. The minimum Gasteiger partial charge on any atom is -0.309 e. The first-order valence-corrected chi connectivity index (χ1v) is 22.8. The van der Waals surface area contributed by atoms with E-state index in [4.69, 9.17) is 24.9 Å². The third kappa shape index (κ3) is 6.72. The zero-order chi connectivity index (χ0) is 45.0. The highest BCUT2D eigenvalue weighted by atomic mass is 15.2. The Balaban J connectivity index is 1.03. The largest absolute Gasteiger partial charge is 0.309 e. The molecular formula is C61H39N7. The van der Waals surface area contributed by atoms with Gasteiger partial charge in [0, 0.05) is 55.0 Å². The highest BCUT2D eigenvalue weighted by Gasteiger charge is 2.22. The molecule has 4 aromatic heterocycles. The predicted octanol–water partition coefficient (Wildman–Crippen LogP) is 14.9. The van der Waals surface area contributed by atoms with E-state index >= 15 is 0 Å². The Morgan fingerprint density at radius 3 is 1.34 bits per heavy atom. The summed E-state index contributed by atoms with van der Waals surface area (Å²) in [6, 6.07) is 82.2. The summed E-state index contributed by atoms with van der Waals surface area (Å²) in [6.45, 7) is 0. The van der Waals surface area contributed by atoms with Gasteiger partial charge in [-0.15, -0.1) is 0 Å². The average molecular weight is 870 g/mol. The van der Waals surface area contributed by atoms with Crippen LogP contribution in [0, 0.1) is 0 Å². The van der Waals surface area contributed by atoms with Gasteiger partial charge in [0.25, 0.3) is 0 Å². The van der Waals surface area contributed by atoms with Crippen LogP contribution in [0.5, 0.6) is 0 Å². The quantitative estimate of drug-likeness (QED) is 0.152. The topological polar surface area (TPSA) is 74.3 Å². The second kappa shape index (κ2) is 16.3. The van der Waals surface area contributed by atoms with Crippen LogP contribution in [0.15, 0.2) is 237 Å². The molecule has 0 unspecified atom stereocenters. The lowest BCUT2D eigenvalue weighted by atomic mass is 9.98. The summed E-state index contributed by atoms with van der Waals surface area (Å²) in [5, 5.41) is 4.55. The molecule has 0 atom stereocenters. The van der Waals surface area contributed by atoms with Gasteiger partial charge < -0.3 is 4.57 Å². The van der Waals surface area contributed by atoms with Crippen molar-refractivity contribution in [2.45, 2.75) is 0 Å². The minimum atomic E-state index is 0.551. The van der Waals surface area contributed by atoms with Crippen LogP contribution in [-0.4, -0.2) is 34.1 Å². The molecule has 13 aromatic rings. The van der Waals surface area contributed by atoms with Gasteiger partial charge in [-0.1, -0.05) is 194 Å². The first-order chi connectivity index (χ1) is 33.7. The molecular weight excluding hydrogens is 831 g/mol. The van der Waals surface area contributed by atoms with Crippen molar-refractivity contribution in [3.05, 3.63) is 237 Å². The molecule has 7 heteroatoms. The molecule has 68 heavy (non-hydrogen) atoms. The molecule has 9 aromatic carbocycles. The average Bonchev–Trinajstić information content (AvgIpc) is 3.93. The van der Waals surface area contributed by atoms with Crippen LogP contribution in [0.3, 0.4) is 0 Å². The SMILES string of the molecule is c1ccc(-c2cc(-c3cccc(-n4c5ccccc5c5cc6c7ccccc7n(-c7nc(-c8ccccc8)nc(-c8ccccc8)n7)c6cc54)c3)nc(-c3ccccc3-c3ccccc3)n2)cc1. The molecule has 7 nitrogen and oxygen atoms in total. The summed E-state index contributed by atoms with van der Waals surface area (Å²) < 4.78 is 4.57. The van der Waals surface area contributed by atoms with Crippen LogP contribution in [0.1, 0.15) is 0 Å². The Morgan fingerprint density at radius 1 is 0.250 bits per heavy atom. The lowest BCUT2D eigenvalue weighted by Crippen LogP contribution is -2.06. The van der Waals surface area contributed by atoms with Crippen molar-refractivity contribution in [3.63, 3.8) is 0 Å². The first kappa shape index (κ1) is 39.1. The van der Waals surface area contributed by atoms with Crippen molar-refractivity contribution in [3.8, 4) is 79.4 Å². The van der Waals surface area contributed by atoms with E-state index in [9.17, 15) is 0 Å². The van der Waals surface area contributed by atoms with E-state index in [1.807, 2.05) is 72.8 Å². The molecule has 0 radical (unpaired) electrons. The number of para-hydroxylation sites is 2. The molecule has 0 spiro atoms. The maximum absolute atomic E-state index is 5.36. The fraction of sp³-hybridized carbons (Fsp3) is 0. The fourth-order valence-electron chi connectivity index (χ4n) is 9.65. The Kier molecular flexibility index (Phi) is 9.35. The normalized spacial score (nSPS) is 11.5. The predicted molar refractivity (Wildman–Crippen MR) is 277 cm³/mol. The van der Waals surface area contributed by atoms with E-state index in [2.05, 4.69) is 173 Å². The van der Waals surface area contributed by atoms with E-state index < -0.39 is 0 Å². The van der Waals surface area contributed by atoms with Gasteiger partial charge in [0.05, 0.1) is 33.5 Å². The van der Waals surface area contributed by atoms with E-state index in [0.29, 0.717) is 23.4 Å². The van der Waals surface area contributed by atoms with Crippen molar-refractivity contribution in [2.75, 3.05) is 0 Å². The Hall–Kier alpha value is -9.33. The van der Waals surface area contributed by atoms with Gasteiger partial charge in [-0.2, -0.15) is 9.97 Å². The Bertz CT molecular complexity index is 3950. The maximum Gasteiger partial charge on any atom is 0.238 e. The van der Waals surface area contributed by atoms with Crippen molar-refractivity contribution in [1.29, 1.82) is 0 Å². The van der Waals surface area contributed by atoms with Gasteiger partial charge in [-0.3, -0.25) is 4.57 Å². The summed E-state index contributed by atoms with van der Waals surface area (Å²) >= 11 is 0. The van der Waals surface area contributed by atoms with Crippen LogP contribution in [0.4, 0.5) is 0 Å². The molecule has 0 aliphatic carbocycles. The molecule has 4 heterocycles. The van der Waals surface area contributed by atoms with Crippen molar-refractivity contribution < 1.29 is 0 Å². The minimum absolute atomic E-state index is 0.551. The molecule has 13 rings (SSSR count). The summed E-state index contributed by atoms with van der Waals surface area (Å²) in [7, 11) is 0. The zero-order valence-electron chi connectivity index (χ0n) is 36.6. The van der Waals surface area contributed by atoms with Gasteiger partial charge in [-0.05, 0) is 53.6 Å². The number of nitrogens with zero attached hydrogens (tertiary/aromatic N) is 7. The van der Waals surface area contributed by atoms with Crippen molar-refractivity contribution in [2.24, 2.45) is 0 Å². The smallest absolute Gasteiger partial charge is 0.238 e. The molecule has 0 saturated heterocycles. The highest BCUT2D eigenvalue weighted by molar-refractivity contribution is 6.19. The number of rotatable bonds is 8. The van der Waals surface area contributed by atoms with Crippen LogP contribution in [-0.2, 0) is 0 Å². The molecule has 318 valence electrons. The van der Waals surface area contributed by atoms with E-state index in [1.165, 1.54) is 0 Å². The standard InChI is InChI=1S/C61H39N7/c1-5-20-40(21-6-1)46-30-13-14-33-49(46)60-62-52(41-22-7-2-8-23-41)38-53(63-60)44-28-19-29-45(36-44)67-54-34-17-15-31-47(54)50-37-51-48-32-16-18-35-55(48)68(57(51)39-56(50)67)61-65-58(42-24-9-3-10-25-42)64-59(66-61)43-26-11-4-12-27-43/h1-39H. The highest BCUT2D eigenvalue weighted by Crippen LogP contribution is 2.41. The monoisotopic (exact) mass is 869 g/mol. The molecule has 0 saturated carbocycles. The van der Waals surface area contributed by atoms with Gasteiger partial charge in [0.2, 0.25) is 5.95 Å². The first-order valence-electron chi connectivity index (χ1n) is 22.8. The van der Waals surface area contributed by atoms with Gasteiger partial charge >= 0.3 is 0 Å². The van der Waals surface area contributed by atoms with Crippen molar-refractivity contribution >= 4 is 43.6 Å². The van der Waals surface area contributed by atoms with E-state index in [0.717, 1.165) is 99.6 Å². The molecule has 0 N–H and O–H groups in total. The molecule has 0 aliphatic heterocycles. The third-order valence-corrected chi connectivity index (χ3v) is 12.8. The number of aromatic nitrogens is 7. The zero-order valence-corrected chi connectivity index (χ0v) is 36.6. The number of hydrogen-bond acceptors (Lipinski definition) is 5. The second-order valence-electron chi connectivity index (χ2n) is 16.9. The lowest BCUT2D eigenvalue weighted by Gasteiger charge is -2.14. The van der Waals surface area contributed by atoms with E-state index in [1.54, 1.807) is 0 Å². The molecule has 0 bridgehead atoms. The van der Waals surface area contributed by atoms with Gasteiger partial charge in [0.15, 0.2) is 17.5 Å². The maximum atomic E-state index is 5.36. The Labute approximate surface area is 392 Å². The summed E-state index contributed by atoms with van der Waals surface area (Å²) in [6.07, 6.45) is 0. The van der Waals surface area contributed by atoms with Crippen LogP contribution >= 0.6 is 0 Å². The molecule has 0 amide bonds. The van der Waals surface area contributed by atoms with Gasteiger partial charge in [-0.25, -0.2) is 15.0 Å². The van der Waals surface area contributed by atoms with Crippen LogP contribution in [0.2, 0.25) is 0 Å². The molecule has 0 aliphatic rings. The van der Waals surface area contributed by atoms with Crippen LogP contribution in [0.25, 0.3) is 123 Å². The Morgan fingerprint density at radius 2 is 0.721 bits per heavy atom. The lowest BCUT2D eigenvalue weighted by molar-refractivity contribution is 0.953. The fourth-order valence-corrected chi connectivity index (χ4v) is 9.65. The second-order valence-corrected chi connectivity index (χ2v) is 16.9. The third-order valence-electron chi connectivity index (χ3n) is 12.8. The van der Waals surface area contributed by atoms with Crippen molar-refractivity contribution in [1.82, 2.24) is 34.1 Å². The summed E-state index contributed by atoms with van der Waals surface area (Å²) in [4.78, 5) is 26.1. The summed E-state index contributed by atoms with van der Waals surface area (Å²) in [5.41, 5.74) is 13.9. The molecule has 0 fully saturated rings. The van der Waals surface area contributed by atoms with E-state index in [-0.39, 0.29) is 0 Å². The number of hydrogen-bond donors (Lipinski definition) is 0.